The third-order valence-corrected chi connectivity index (χ3v) is 4.65. The van der Waals surface area contributed by atoms with E-state index in [2.05, 4.69) is 20.3 Å². The normalized spacial score (nSPS) is 14.2. The van der Waals surface area contributed by atoms with E-state index < -0.39 is 0 Å². The van der Waals surface area contributed by atoms with Crippen LogP contribution in [0.15, 0.2) is 42.6 Å². The number of methoxy groups -OCH3 is 1. The standard InChI is InChI=1S/C19H19N7O3/c1-24-9-10-25(12-18(24)27)19(28)14-11-15(13-5-3-4-8-20-13)26(23-14)16-6-7-17(29-2)22-21-16/h3-8,11H,9-10,12H2,1-2H3. The van der Waals surface area contributed by atoms with Crippen LogP contribution in [0.4, 0.5) is 0 Å². The van der Waals surface area contributed by atoms with Crippen LogP contribution in [0.5, 0.6) is 5.88 Å². The van der Waals surface area contributed by atoms with E-state index in [1.807, 2.05) is 12.1 Å². The van der Waals surface area contributed by atoms with Crippen LogP contribution >= 0.6 is 0 Å². The predicted octanol–water partition coefficient (Wildman–Crippen LogP) is 0.647. The number of carbonyl (C=O) groups is 2. The molecule has 0 N–H and O–H groups in total. The Kier molecular flexibility index (Phi) is 4.90. The Morgan fingerprint density at radius 3 is 2.66 bits per heavy atom. The van der Waals surface area contributed by atoms with Crippen molar-refractivity contribution in [2.24, 2.45) is 0 Å². The SMILES string of the molecule is COc1ccc(-n2nc(C(=O)N3CCN(C)C(=O)C3)cc2-c2ccccn2)nn1. The molecule has 0 aromatic carbocycles. The van der Waals surface area contributed by atoms with Gasteiger partial charge in [0.1, 0.15) is 6.54 Å². The summed E-state index contributed by atoms with van der Waals surface area (Å²) < 4.78 is 6.56. The zero-order chi connectivity index (χ0) is 20.4. The van der Waals surface area contributed by atoms with Crippen LogP contribution in [0.2, 0.25) is 0 Å². The average Bonchev–Trinajstić information content (AvgIpc) is 3.21. The lowest BCUT2D eigenvalue weighted by Gasteiger charge is -2.31. The second-order valence-electron chi connectivity index (χ2n) is 6.52. The minimum absolute atomic E-state index is 0.0312. The lowest BCUT2D eigenvalue weighted by molar-refractivity contribution is -0.133. The molecule has 2 amide bonds. The van der Waals surface area contributed by atoms with Gasteiger partial charge in [-0.2, -0.15) is 5.10 Å². The largest absolute Gasteiger partial charge is 0.480 e. The molecule has 3 aromatic rings. The van der Waals surface area contributed by atoms with Gasteiger partial charge in [0.2, 0.25) is 11.8 Å². The summed E-state index contributed by atoms with van der Waals surface area (Å²) in [5.41, 5.74) is 1.43. The van der Waals surface area contributed by atoms with E-state index >= 15 is 0 Å². The third-order valence-electron chi connectivity index (χ3n) is 4.65. The quantitative estimate of drug-likeness (QED) is 0.640. The van der Waals surface area contributed by atoms with Crippen molar-refractivity contribution in [2.45, 2.75) is 0 Å². The molecule has 0 saturated carbocycles. The van der Waals surface area contributed by atoms with Gasteiger partial charge in [0.15, 0.2) is 11.5 Å². The summed E-state index contributed by atoms with van der Waals surface area (Å²) in [5.74, 6) is 0.367. The Hall–Kier alpha value is -3.82. The van der Waals surface area contributed by atoms with Crippen molar-refractivity contribution >= 4 is 11.8 Å². The zero-order valence-electron chi connectivity index (χ0n) is 16.0. The van der Waals surface area contributed by atoms with Gasteiger partial charge in [0.25, 0.3) is 5.91 Å². The van der Waals surface area contributed by atoms with Crippen molar-refractivity contribution in [3.05, 3.63) is 48.3 Å². The van der Waals surface area contributed by atoms with Gasteiger partial charge in [0, 0.05) is 32.4 Å². The summed E-state index contributed by atoms with van der Waals surface area (Å²) in [5, 5.41) is 12.5. The fourth-order valence-electron chi connectivity index (χ4n) is 2.99. The minimum atomic E-state index is -0.316. The summed E-state index contributed by atoms with van der Waals surface area (Å²) in [6.45, 7) is 0.973. The van der Waals surface area contributed by atoms with Crippen LogP contribution < -0.4 is 4.74 Å². The van der Waals surface area contributed by atoms with Gasteiger partial charge in [-0.25, -0.2) is 4.68 Å². The van der Waals surface area contributed by atoms with Crippen LogP contribution in [-0.2, 0) is 4.79 Å². The Balaban J connectivity index is 1.73. The highest BCUT2D eigenvalue weighted by Crippen LogP contribution is 2.23. The molecule has 0 spiro atoms. The summed E-state index contributed by atoms with van der Waals surface area (Å²) in [6.07, 6.45) is 1.66. The molecule has 4 heterocycles. The van der Waals surface area contributed by atoms with Crippen LogP contribution in [0.25, 0.3) is 17.2 Å². The molecule has 0 atom stereocenters. The fraction of sp³-hybridized carbons (Fsp3) is 0.263. The zero-order valence-corrected chi connectivity index (χ0v) is 16.0. The van der Waals surface area contributed by atoms with E-state index in [0.717, 1.165) is 0 Å². The lowest BCUT2D eigenvalue weighted by atomic mass is 10.2. The number of carbonyl (C=O) groups excluding carboxylic acids is 2. The molecule has 10 nitrogen and oxygen atoms in total. The van der Waals surface area contributed by atoms with Gasteiger partial charge in [0.05, 0.1) is 18.5 Å². The molecule has 0 bridgehead atoms. The van der Waals surface area contributed by atoms with E-state index in [0.29, 0.717) is 36.2 Å². The van der Waals surface area contributed by atoms with E-state index in [1.165, 1.54) is 16.7 Å². The number of likely N-dealkylation sites (N-methyl/N-ethyl adjacent to an activating group) is 1. The first-order valence-electron chi connectivity index (χ1n) is 8.99. The van der Waals surface area contributed by atoms with Crippen LogP contribution in [-0.4, -0.2) is 80.4 Å². The first-order chi connectivity index (χ1) is 14.1. The molecule has 1 aliphatic rings. The smallest absolute Gasteiger partial charge is 0.274 e. The minimum Gasteiger partial charge on any atom is -0.480 e. The maximum Gasteiger partial charge on any atom is 0.274 e. The average molecular weight is 393 g/mol. The van der Waals surface area contributed by atoms with Gasteiger partial charge >= 0.3 is 0 Å². The number of nitrogens with zero attached hydrogens (tertiary/aromatic N) is 7. The van der Waals surface area contributed by atoms with Crippen molar-refractivity contribution in [2.75, 3.05) is 33.8 Å². The number of aromatic nitrogens is 5. The van der Waals surface area contributed by atoms with Crippen molar-refractivity contribution < 1.29 is 14.3 Å². The van der Waals surface area contributed by atoms with Crippen molar-refractivity contribution in [3.8, 4) is 23.1 Å². The number of hydrogen-bond donors (Lipinski definition) is 0. The highest BCUT2D eigenvalue weighted by molar-refractivity contribution is 5.96. The van der Waals surface area contributed by atoms with Gasteiger partial charge in [-0.1, -0.05) is 6.07 Å². The topological polar surface area (TPSA) is 106 Å². The van der Waals surface area contributed by atoms with Crippen molar-refractivity contribution in [1.29, 1.82) is 0 Å². The monoisotopic (exact) mass is 393 g/mol. The molecule has 4 rings (SSSR count). The molecular formula is C19H19N7O3. The van der Waals surface area contributed by atoms with Gasteiger partial charge < -0.3 is 14.5 Å². The van der Waals surface area contributed by atoms with Gasteiger partial charge in [-0.15, -0.1) is 10.2 Å². The number of rotatable bonds is 4. The molecular weight excluding hydrogens is 374 g/mol. The van der Waals surface area contributed by atoms with E-state index in [1.54, 1.807) is 42.4 Å². The molecule has 29 heavy (non-hydrogen) atoms. The molecule has 1 fully saturated rings. The maximum absolute atomic E-state index is 13.0. The van der Waals surface area contributed by atoms with Crippen molar-refractivity contribution in [3.63, 3.8) is 0 Å². The number of pyridine rings is 1. The van der Waals surface area contributed by atoms with Gasteiger partial charge in [-0.05, 0) is 24.3 Å². The van der Waals surface area contributed by atoms with Crippen molar-refractivity contribution in [1.82, 2.24) is 34.8 Å². The maximum atomic E-state index is 13.0. The summed E-state index contributed by atoms with van der Waals surface area (Å²) in [7, 11) is 3.23. The Labute approximate surface area is 166 Å². The van der Waals surface area contributed by atoms with E-state index in [4.69, 9.17) is 4.74 Å². The molecule has 1 saturated heterocycles. The number of hydrogen-bond acceptors (Lipinski definition) is 7. The first kappa shape index (κ1) is 18.5. The van der Waals surface area contributed by atoms with E-state index in [9.17, 15) is 9.59 Å². The second kappa shape index (κ2) is 7.66. The summed E-state index contributed by atoms with van der Waals surface area (Å²) in [4.78, 5) is 32.4. The van der Waals surface area contributed by atoms with Crippen LogP contribution in [0.1, 0.15) is 10.5 Å². The van der Waals surface area contributed by atoms with Gasteiger partial charge in [-0.3, -0.25) is 14.6 Å². The Morgan fingerprint density at radius 1 is 1.14 bits per heavy atom. The predicted molar refractivity (Wildman–Crippen MR) is 102 cm³/mol. The highest BCUT2D eigenvalue weighted by atomic mass is 16.5. The Bertz CT molecular complexity index is 1030. The third kappa shape index (κ3) is 3.64. The second-order valence-corrected chi connectivity index (χ2v) is 6.52. The molecule has 148 valence electrons. The number of amides is 2. The molecule has 0 radical (unpaired) electrons. The fourth-order valence-corrected chi connectivity index (χ4v) is 2.99. The summed E-state index contributed by atoms with van der Waals surface area (Å²) >= 11 is 0. The number of piperazine rings is 1. The molecule has 0 aliphatic carbocycles. The molecule has 3 aromatic heterocycles. The highest BCUT2D eigenvalue weighted by Gasteiger charge is 2.28. The number of ether oxygens (including phenoxy) is 1. The van der Waals surface area contributed by atoms with Crippen LogP contribution in [0, 0.1) is 0 Å². The molecule has 1 aliphatic heterocycles. The first-order valence-corrected chi connectivity index (χ1v) is 8.99. The molecule has 0 unspecified atom stereocenters. The van der Waals surface area contributed by atoms with Crippen LogP contribution in [0.3, 0.4) is 0 Å². The summed E-state index contributed by atoms with van der Waals surface area (Å²) in [6, 6.07) is 10.5. The molecule has 10 heteroatoms. The lowest BCUT2D eigenvalue weighted by Crippen LogP contribution is -2.50. The Morgan fingerprint density at radius 2 is 2.00 bits per heavy atom. The van der Waals surface area contributed by atoms with E-state index in [-0.39, 0.29) is 24.1 Å².